The molecule has 11 heteroatoms. The first kappa shape index (κ1) is 23.4. The van der Waals surface area contributed by atoms with Gasteiger partial charge in [0, 0.05) is 17.3 Å². The molecule has 0 aliphatic carbocycles. The van der Waals surface area contributed by atoms with Crippen LogP contribution in [0.25, 0.3) is 16.9 Å². The van der Waals surface area contributed by atoms with Gasteiger partial charge < -0.3 is 14.6 Å². The Balaban J connectivity index is 1.67. The standard InChI is InChI=1S/C23H19F3N4O3S/c1-14-10-20(29-33-14)28-21(31)13-34-22-27-12-19(15-6-8-18(32-2)9-7-15)30(22)17-5-3-4-16(11-17)23(24,25)26/h3-12H,13H2,1-2H3,(H,28,29,31). The number of benzene rings is 2. The Morgan fingerprint density at radius 1 is 1.18 bits per heavy atom. The third-order valence-corrected chi connectivity index (χ3v) is 5.73. The van der Waals surface area contributed by atoms with Crippen LogP contribution < -0.4 is 10.1 Å². The van der Waals surface area contributed by atoms with Gasteiger partial charge in [-0.25, -0.2) is 4.98 Å². The maximum atomic E-state index is 13.4. The van der Waals surface area contributed by atoms with Crippen LogP contribution in [0.5, 0.6) is 5.75 Å². The highest BCUT2D eigenvalue weighted by molar-refractivity contribution is 7.99. The predicted octanol–water partition coefficient (Wildman–Crippen LogP) is 5.59. The predicted molar refractivity (Wildman–Crippen MR) is 121 cm³/mol. The minimum atomic E-state index is -4.50. The fraction of sp³-hybridized carbons (Fsp3) is 0.174. The average Bonchev–Trinajstić information content (AvgIpc) is 3.43. The fourth-order valence-electron chi connectivity index (χ4n) is 3.21. The quantitative estimate of drug-likeness (QED) is 0.342. The number of halogens is 3. The summed E-state index contributed by atoms with van der Waals surface area (Å²) in [4.78, 5) is 16.7. The van der Waals surface area contributed by atoms with Crippen LogP contribution >= 0.6 is 11.8 Å². The van der Waals surface area contributed by atoms with Gasteiger partial charge in [0.15, 0.2) is 11.0 Å². The van der Waals surface area contributed by atoms with Gasteiger partial charge in [-0.1, -0.05) is 23.0 Å². The van der Waals surface area contributed by atoms with E-state index in [9.17, 15) is 18.0 Å². The highest BCUT2D eigenvalue weighted by Crippen LogP contribution is 2.34. The third kappa shape index (κ3) is 5.25. The molecule has 2 aromatic carbocycles. The van der Waals surface area contributed by atoms with Crippen LogP contribution in [-0.2, 0) is 11.0 Å². The highest BCUT2D eigenvalue weighted by Gasteiger charge is 2.31. The monoisotopic (exact) mass is 488 g/mol. The number of anilines is 1. The molecule has 0 bridgehead atoms. The molecule has 2 aromatic heterocycles. The number of carbonyl (C=O) groups excluding carboxylic acids is 1. The summed E-state index contributed by atoms with van der Waals surface area (Å²) in [6, 6.07) is 13.6. The van der Waals surface area contributed by atoms with Crippen molar-refractivity contribution in [3.63, 3.8) is 0 Å². The Morgan fingerprint density at radius 3 is 2.59 bits per heavy atom. The molecule has 0 aliphatic rings. The lowest BCUT2D eigenvalue weighted by molar-refractivity contribution is -0.137. The summed E-state index contributed by atoms with van der Waals surface area (Å²) in [7, 11) is 1.54. The summed E-state index contributed by atoms with van der Waals surface area (Å²) < 4.78 is 51.8. The largest absolute Gasteiger partial charge is 0.497 e. The van der Waals surface area contributed by atoms with Crippen LogP contribution in [0.4, 0.5) is 19.0 Å². The van der Waals surface area contributed by atoms with Crippen molar-refractivity contribution < 1.29 is 27.2 Å². The van der Waals surface area contributed by atoms with E-state index in [0.29, 0.717) is 22.4 Å². The smallest absolute Gasteiger partial charge is 0.416 e. The summed E-state index contributed by atoms with van der Waals surface area (Å²) >= 11 is 1.09. The molecule has 0 atom stereocenters. The lowest BCUT2D eigenvalue weighted by Gasteiger charge is -2.14. The molecule has 4 aromatic rings. The molecular weight excluding hydrogens is 469 g/mol. The number of ether oxygens (including phenoxy) is 1. The maximum absolute atomic E-state index is 13.4. The van der Waals surface area contributed by atoms with E-state index in [0.717, 1.165) is 29.5 Å². The second kappa shape index (κ2) is 9.64. The molecule has 176 valence electrons. The lowest BCUT2D eigenvalue weighted by atomic mass is 10.1. The molecular formula is C23H19F3N4O3S. The Bertz CT molecular complexity index is 1300. The summed E-state index contributed by atoms with van der Waals surface area (Å²) in [6.45, 7) is 1.70. The Morgan fingerprint density at radius 2 is 1.94 bits per heavy atom. The van der Waals surface area contributed by atoms with Crippen molar-refractivity contribution >= 4 is 23.5 Å². The normalized spacial score (nSPS) is 11.4. The lowest BCUT2D eigenvalue weighted by Crippen LogP contribution is -2.15. The van der Waals surface area contributed by atoms with Crippen LogP contribution in [0, 0.1) is 6.92 Å². The Kier molecular flexibility index (Phi) is 6.64. The minimum absolute atomic E-state index is 0.0378. The number of methoxy groups -OCH3 is 1. The van der Waals surface area contributed by atoms with E-state index in [-0.39, 0.29) is 23.2 Å². The van der Waals surface area contributed by atoms with Crippen LogP contribution in [0.1, 0.15) is 11.3 Å². The van der Waals surface area contributed by atoms with Gasteiger partial charge in [0.2, 0.25) is 5.91 Å². The number of aryl methyl sites for hydroxylation is 1. The Labute approximate surface area is 196 Å². The SMILES string of the molecule is COc1ccc(-c2cnc(SCC(=O)Nc3cc(C)on3)n2-c2cccc(C(F)(F)F)c2)cc1. The van der Waals surface area contributed by atoms with E-state index in [4.69, 9.17) is 9.26 Å². The Hall–Kier alpha value is -3.73. The maximum Gasteiger partial charge on any atom is 0.416 e. The second-order valence-electron chi connectivity index (χ2n) is 7.20. The van der Waals surface area contributed by atoms with Gasteiger partial charge in [0.1, 0.15) is 11.5 Å². The first-order valence-corrected chi connectivity index (χ1v) is 11.0. The number of amides is 1. The van der Waals surface area contributed by atoms with Gasteiger partial charge in [0.05, 0.1) is 30.3 Å². The van der Waals surface area contributed by atoms with Crippen LogP contribution in [0.3, 0.4) is 0 Å². The van der Waals surface area contributed by atoms with Gasteiger partial charge in [0.25, 0.3) is 0 Å². The zero-order chi connectivity index (χ0) is 24.3. The molecule has 2 heterocycles. The molecule has 7 nitrogen and oxygen atoms in total. The number of imidazole rings is 1. The molecule has 0 fully saturated rings. The molecule has 0 saturated carbocycles. The molecule has 0 spiro atoms. The van der Waals surface area contributed by atoms with Crippen LogP contribution in [0.2, 0.25) is 0 Å². The molecule has 4 rings (SSSR count). The number of rotatable bonds is 7. The van der Waals surface area contributed by atoms with Gasteiger partial charge in [-0.2, -0.15) is 13.2 Å². The summed E-state index contributed by atoms with van der Waals surface area (Å²) in [5, 5.41) is 6.68. The van der Waals surface area contributed by atoms with Crippen molar-refractivity contribution in [2.24, 2.45) is 0 Å². The minimum Gasteiger partial charge on any atom is -0.497 e. The van der Waals surface area contributed by atoms with Crippen molar-refractivity contribution in [2.75, 3.05) is 18.2 Å². The number of aromatic nitrogens is 3. The van der Waals surface area contributed by atoms with Gasteiger partial charge >= 0.3 is 6.18 Å². The zero-order valence-corrected chi connectivity index (χ0v) is 18.9. The van der Waals surface area contributed by atoms with Crippen LogP contribution in [-0.4, -0.2) is 33.5 Å². The first-order valence-electron chi connectivity index (χ1n) is 10.0. The second-order valence-corrected chi connectivity index (χ2v) is 8.14. The number of nitrogens with one attached hydrogen (secondary N) is 1. The van der Waals surface area contributed by atoms with Crippen molar-refractivity contribution in [1.29, 1.82) is 0 Å². The van der Waals surface area contributed by atoms with E-state index < -0.39 is 11.7 Å². The number of carbonyl (C=O) groups is 1. The highest BCUT2D eigenvalue weighted by atomic mass is 32.2. The van der Waals surface area contributed by atoms with E-state index in [1.807, 2.05) is 0 Å². The van der Waals surface area contributed by atoms with Gasteiger partial charge in [-0.05, 0) is 49.4 Å². The summed E-state index contributed by atoms with van der Waals surface area (Å²) in [6.07, 6.45) is -2.94. The molecule has 0 aliphatic heterocycles. The van der Waals surface area contributed by atoms with E-state index in [1.165, 1.54) is 6.07 Å². The zero-order valence-electron chi connectivity index (χ0n) is 18.1. The summed E-state index contributed by atoms with van der Waals surface area (Å²) in [5.41, 5.74) is 0.778. The van der Waals surface area contributed by atoms with Gasteiger partial charge in [-0.15, -0.1) is 0 Å². The molecule has 0 radical (unpaired) electrons. The third-order valence-electron chi connectivity index (χ3n) is 4.77. The van der Waals surface area contributed by atoms with Crippen molar-refractivity contribution in [3.8, 4) is 22.7 Å². The molecule has 0 saturated heterocycles. The van der Waals surface area contributed by atoms with Crippen molar-refractivity contribution in [2.45, 2.75) is 18.3 Å². The number of hydrogen-bond donors (Lipinski definition) is 1. The summed E-state index contributed by atoms with van der Waals surface area (Å²) in [5.74, 6) is 1.07. The van der Waals surface area contributed by atoms with Crippen LogP contribution in [0.15, 0.2) is 70.5 Å². The molecule has 1 N–H and O–H groups in total. The average molecular weight is 488 g/mol. The fourth-order valence-corrected chi connectivity index (χ4v) is 4.00. The number of hydrogen-bond acceptors (Lipinski definition) is 6. The van der Waals surface area contributed by atoms with E-state index in [2.05, 4.69) is 15.5 Å². The first-order chi connectivity index (χ1) is 16.2. The number of nitrogens with zero attached hydrogens (tertiary/aromatic N) is 3. The number of alkyl halides is 3. The van der Waals surface area contributed by atoms with Crippen molar-refractivity contribution in [3.05, 3.63) is 72.1 Å². The topological polar surface area (TPSA) is 82.2 Å². The van der Waals surface area contributed by atoms with E-state index >= 15 is 0 Å². The van der Waals surface area contributed by atoms with Gasteiger partial charge in [-0.3, -0.25) is 9.36 Å². The molecule has 0 unspecified atom stereocenters. The molecule has 1 amide bonds. The molecule has 34 heavy (non-hydrogen) atoms. The van der Waals surface area contributed by atoms with Crippen molar-refractivity contribution in [1.82, 2.24) is 14.7 Å². The number of thioether (sulfide) groups is 1. The van der Waals surface area contributed by atoms with E-state index in [1.54, 1.807) is 61.2 Å².